The van der Waals surface area contributed by atoms with Crippen LogP contribution in [0.2, 0.25) is 5.02 Å². The number of aromatic amines is 1. The molecular weight excluding hydrogens is 493 g/mol. The zero-order valence-corrected chi connectivity index (χ0v) is 17.3. The molecule has 2 N–H and O–H groups in total. The highest BCUT2D eigenvalue weighted by Crippen LogP contribution is 3.02. The van der Waals surface area contributed by atoms with Crippen molar-refractivity contribution in [1.29, 1.82) is 0 Å². The average molecular weight is 507 g/mol. The summed E-state index contributed by atoms with van der Waals surface area (Å²) >= 11 is 9.21. The van der Waals surface area contributed by atoms with Crippen LogP contribution in [0.4, 0.5) is 19.4 Å². The number of rotatable bonds is 5. The lowest BCUT2D eigenvalue weighted by Crippen LogP contribution is -2.08. The van der Waals surface area contributed by atoms with E-state index in [1.165, 1.54) is 19.4 Å². The number of hydrogen-bond acceptors (Lipinski definition) is 2. The fraction of sp³-hybridized carbons (Fsp3) is 0.176. The quantitative estimate of drug-likeness (QED) is 0.276. The van der Waals surface area contributed by atoms with E-state index in [0.717, 1.165) is 6.07 Å². The molecule has 0 fully saturated rings. The molecule has 0 saturated carbocycles. The lowest BCUT2D eigenvalue weighted by Gasteiger charge is -2.40. The van der Waals surface area contributed by atoms with Crippen molar-refractivity contribution in [3.63, 3.8) is 0 Å². The molecule has 2 atom stereocenters. The predicted octanol–water partition coefficient (Wildman–Crippen LogP) is 7.66. The molecule has 1 heterocycles. The Kier molecular flexibility index (Phi) is 4.74. The van der Waals surface area contributed by atoms with Gasteiger partial charge >= 0.3 is 10.2 Å². The van der Waals surface area contributed by atoms with E-state index in [4.69, 9.17) is 16.3 Å². The lowest BCUT2D eigenvalue weighted by atomic mass is 10.00. The average Bonchev–Trinajstić information content (AvgIpc) is 3.01. The summed E-state index contributed by atoms with van der Waals surface area (Å²) in [7, 11) is -8.46. The minimum Gasteiger partial charge on any atom is -0.496 e. The first-order chi connectivity index (χ1) is 12.7. The number of H-pyrrole nitrogens is 1. The number of aromatic nitrogens is 1. The van der Waals surface area contributed by atoms with Crippen molar-refractivity contribution in [3.05, 3.63) is 58.7 Å². The van der Waals surface area contributed by atoms with Gasteiger partial charge in [0.05, 0.1) is 18.0 Å². The fourth-order valence-corrected chi connectivity index (χ4v) is 4.34. The molecule has 154 valence electrons. The number of benzene rings is 2. The highest BCUT2D eigenvalue weighted by molar-refractivity contribution is 9.09. The van der Waals surface area contributed by atoms with E-state index in [0.29, 0.717) is 28.5 Å². The van der Waals surface area contributed by atoms with Crippen molar-refractivity contribution in [2.75, 3.05) is 7.11 Å². The summed E-state index contributed by atoms with van der Waals surface area (Å²) in [6.07, 6.45) is -0.0844. The van der Waals surface area contributed by atoms with Gasteiger partial charge in [0.25, 0.3) is 0 Å². The van der Waals surface area contributed by atoms with E-state index in [1.807, 2.05) is 0 Å². The number of fused-ring (bicyclic) bond motifs is 1. The van der Waals surface area contributed by atoms with Gasteiger partial charge in [-0.3, -0.25) is 0 Å². The molecule has 1 aromatic heterocycles. The molecule has 0 aliphatic rings. The first-order valence-electron chi connectivity index (χ1n) is 7.72. The van der Waals surface area contributed by atoms with Crippen LogP contribution in [-0.4, -0.2) is 17.2 Å². The third kappa shape index (κ3) is 4.10. The minimum atomic E-state index is -9.85. The normalized spacial score (nSPS) is 17.0. The van der Waals surface area contributed by atoms with Crippen LogP contribution in [0.3, 0.4) is 0 Å². The zero-order valence-electron chi connectivity index (χ0n) is 14.1. The third-order valence-electron chi connectivity index (χ3n) is 4.22. The first-order valence-corrected chi connectivity index (χ1v) is 11.0. The second-order valence-electron chi connectivity index (χ2n) is 6.15. The molecule has 0 saturated heterocycles. The van der Waals surface area contributed by atoms with Crippen molar-refractivity contribution in [2.45, 2.75) is 15.8 Å². The fourth-order valence-electron chi connectivity index (χ4n) is 2.85. The van der Waals surface area contributed by atoms with Crippen LogP contribution in [0, 0.1) is 0 Å². The van der Waals surface area contributed by atoms with Gasteiger partial charge in [0.15, 0.2) is 0 Å². The van der Waals surface area contributed by atoms with Crippen LogP contribution < -0.4 is 4.74 Å². The van der Waals surface area contributed by atoms with Crippen molar-refractivity contribution < 1.29 is 29.3 Å². The zero-order chi connectivity index (χ0) is 21.0. The molecule has 28 heavy (non-hydrogen) atoms. The van der Waals surface area contributed by atoms with Crippen LogP contribution in [0.15, 0.2) is 47.5 Å². The van der Waals surface area contributed by atoms with E-state index in [2.05, 4.69) is 20.9 Å². The Bertz CT molecular complexity index is 1060. The number of alkyl halides is 1. The Morgan fingerprint density at radius 3 is 2.36 bits per heavy atom. The van der Waals surface area contributed by atoms with Crippen LogP contribution in [0.25, 0.3) is 10.9 Å². The van der Waals surface area contributed by atoms with E-state index >= 15 is 0 Å². The summed E-state index contributed by atoms with van der Waals surface area (Å²) in [5.74, 6) is 0.348. The van der Waals surface area contributed by atoms with Crippen molar-refractivity contribution in [3.8, 4) is 5.75 Å². The molecule has 0 spiro atoms. The Labute approximate surface area is 170 Å². The summed E-state index contributed by atoms with van der Waals surface area (Å²) in [6.45, 7) is 0. The minimum absolute atomic E-state index is 0.0255. The highest BCUT2D eigenvalue weighted by atomic mass is 79.9. The van der Waals surface area contributed by atoms with Gasteiger partial charge in [0, 0.05) is 33.2 Å². The molecule has 0 amide bonds. The number of aliphatic hydroxyl groups is 1. The summed E-state index contributed by atoms with van der Waals surface area (Å²) in [5.41, 5.74) is 0.692. The van der Waals surface area contributed by atoms with Crippen LogP contribution in [0.5, 0.6) is 5.75 Å². The second kappa shape index (κ2) is 6.25. The van der Waals surface area contributed by atoms with Crippen molar-refractivity contribution in [2.24, 2.45) is 0 Å². The summed E-state index contributed by atoms with van der Waals surface area (Å²) < 4.78 is 71.0. The maximum Gasteiger partial charge on any atom is 0.310 e. The van der Waals surface area contributed by atoms with Crippen LogP contribution >= 0.6 is 37.8 Å². The van der Waals surface area contributed by atoms with Crippen LogP contribution in [0.1, 0.15) is 22.1 Å². The SMILES string of the molecule is COc1cc(Cl)ccc1C(Br)C(O)c1c[nH]c2ccc(S(F)(F)(F)(F)F)cc12. The first kappa shape index (κ1) is 21.2. The Morgan fingerprint density at radius 2 is 1.75 bits per heavy atom. The van der Waals surface area contributed by atoms with Crippen molar-refractivity contribution >= 4 is 48.7 Å². The number of methoxy groups -OCH3 is 1. The monoisotopic (exact) mass is 505 g/mol. The van der Waals surface area contributed by atoms with Gasteiger partial charge in [-0.05, 0) is 30.3 Å². The van der Waals surface area contributed by atoms with Gasteiger partial charge in [0.1, 0.15) is 10.6 Å². The number of nitrogens with one attached hydrogen (secondary N) is 1. The molecule has 3 rings (SSSR count). The van der Waals surface area contributed by atoms with Gasteiger partial charge in [-0.25, -0.2) is 0 Å². The van der Waals surface area contributed by atoms with E-state index in [1.54, 1.807) is 12.1 Å². The summed E-state index contributed by atoms with van der Waals surface area (Å²) in [4.78, 5) is -0.137. The number of halogens is 7. The molecule has 3 aromatic rings. The largest absolute Gasteiger partial charge is 0.496 e. The molecule has 3 nitrogen and oxygen atoms in total. The van der Waals surface area contributed by atoms with Gasteiger partial charge in [0.2, 0.25) is 0 Å². The molecule has 0 aliphatic carbocycles. The third-order valence-corrected chi connectivity index (χ3v) is 6.59. The van der Waals surface area contributed by atoms with Gasteiger partial charge < -0.3 is 14.8 Å². The lowest BCUT2D eigenvalue weighted by molar-refractivity contribution is 0.177. The smallest absolute Gasteiger partial charge is 0.310 e. The maximum absolute atomic E-state index is 13.2. The Morgan fingerprint density at radius 1 is 1.07 bits per heavy atom. The van der Waals surface area contributed by atoms with Gasteiger partial charge in [-0.2, -0.15) is 0 Å². The second-order valence-corrected chi connectivity index (χ2v) is 9.99. The molecular formula is C17H14BrClF5NO2S. The summed E-state index contributed by atoms with van der Waals surface area (Å²) in [6, 6.07) is 6.24. The molecule has 0 aliphatic heterocycles. The van der Waals surface area contributed by atoms with Gasteiger partial charge in [-0.15, -0.1) is 0 Å². The van der Waals surface area contributed by atoms with Crippen LogP contribution in [-0.2, 0) is 0 Å². The number of ether oxygens (including phenoxy) is 1. The van der Waals surface area contributed by atoms with E-state index < -0.39 is 26.1 Å². The highest BCUT2D eigenvalue weighted by Gasteiger charge is 2.65. The Hall–Kier alpha value is -1.49. The molecule has 0 radical (unpaired) electrons. The number of hydrogen-bond donors (Lipinski definition) is 2. The Balaban J connectivity index is 2.09. The number of aliphatic hydroxyl groups excluding tert-OH is 1. The molecule has 11 heteroatoms. The van der Waals surface area contributed by atoms with E-state index in [-0.39, 0.29) is 16.5 Å². The van der Waals surface area contributed by atoms with Crippen molar-refractivity contribution in [1.82, 2.24) is 4.98 Å². The summed E-state index contributed by atoms with van der Waals surface area (Å²) in [5, 5.41) is 11.0. The van der Waals surface area contributed by atoms with Gasteiger partial charge in [-0.1, -0.05) is 53.0 Å². The maximum atomic E-state index is 13.2. The standard InChI is InChI=1S/C17H14BrClF5NO2S/c1-27-15-6-9(19)2-4-11(15)16(18)17(26)13-8-25-14-5-3-10(7-12(13)14)28(20,21,22,23)24/h2-8,16-17,25-26H,1H3. The van der Waals surface area contributed by atoms with E-state index in [9.17, 15) is 24.5 Å². The molecule has 2 aromatic carbocycles. The topological polar surface area (TPSA) is 45.2 Å². The predicted molar refractivity (Wildman–Crippen MR) is 104 cm³/mol. The molecule has 0 bridgehead atoms. The molecule has 2 unspecified atom stereocenters.